The molecular weight excluding hydrogens is 232 g/mol. The van der Waals surface area contributed by atoms with Crippen LogP contribution in [0.4, 0.5) is 11.4 Å². The van der Waals surface area contributed by atoms with Crippen LogP contribution in [0.25, 0.3) is 0 Å². The van der Waals surface area contributed by atoms with Crippen LogP contribution < -0.4 is 10.1 Å². The zero-order valence-electron chi connectivity index (χ0n) is 10.7. The molecule has 1 atom stereocenters. The highest BCUT2D eigenvalue weighted by Crippen LogP contribution is 2.37. The van der Waals surface area contributed by atoms with Gasteiger partial charge < -0.3 is 10.1 Å². The van der Waals surface area contributed by atoms with Crippen LogP contribution in [0.15, 0.2) is 18.2 Å². The van der Waals surface area contributed by atoms with Gasteiger partial charge >= 0.3 is 0 Å². The van der Waals surface area contributed by atoms with E-state index in [4.69, 9.17) is 4.74 Å². The van der Waals surface area contributed by atoms with E-state index in [1.165, 1.54) is 18.9 Å². The second kappa shape index (κ2) is 5.25. The molecule has 2 rings (SSSR count). The summed E-state index contributed by atoms with van der Waals surface area (Å²) in [6.45, 7) is 2.94. The van der Waals surface area contributed by atoms with Crippen LogP contribution >= 0.6 is 0 Å². The van der Waals surface area contributed by atoms with Crippen molar-refractivity contribution in [3.8, 4) is 5.75 Å². The van der Waals surface area contributed by atoms with E-state index in [1.54, 1.807) is 19.2 Å². The Kier molecular flexibility index (Phi) is 3.69. The van der Waals surface area contributed by atoms with Crippen molar-refractivity contribution in [2.24, 2.45) is 11.8 Å². The number of nitro groups is 1. The van der Waals surface area contributed by atoms with Crippen LogP contribution in [-0.4, -0.2) is 18.6 Å². The number of nitrogens with one attached hydrogen (secondary N) is 1. The number of benzene rings is 1. The Morgan fingerprint density at radius 3 is 2.83 bits per heavy atom. The van der Waals surface area contributed by atoms with Gasteiger partial charge in [0.05, 0.1) is 12.0 Å². The van der Waals surface area contributed by atoms with Gasteiger partial charge in [0, 0.05) is 18.7 Å². The molecule has 1 fully saturated rings. The van der Waals surface area contributed by atoms with Crippen LogP contribution in [0.1, 0.15) is 19.8 Å². The van der Waals surface area contributed by atoms with E-state index in [9.17, 15) is 10.1 Å². The van der Waals surface area contributed by atoms with Gasteiger partial charge in [0.15, 0.2) is 0 Å². The second-order valence-corrected chi connectivity index (χ2v) is 4.84. The summed E-state index contributed by atoms with van der Waals surface area (Å²) in [5.74, 6) is 1.96. The molecule has 98 valence electrons. The minimum absolute atomic E-state index is 0.0961. The molecule has 1 N–H and O–H groups in total. The van der Waals surface area contributed by atoms with E-state index in [1.807, 2.05) is 0 Å². The monoisotopic (exact) mass is 250 g/mol. The summed E-state index contributed by atoms with van der Waals surface area (Å²) >= 11 is 0. The topological polar surface area (TPSA) is 64.4 Å². The molecule has 0 spiro atoms. The van der Waals surface area contributed by atoms with Crippen LogP contribution in [0, 0.1) is 22.0 Å². The fraction of sp³-hybridized carbons (Fsp3) is 0.538. The molecule has 1 saturated carbocycles. The molecule has 18 heavy (non-hydrogen) atoms. The summed E-state index contributed by atoms with van der Waals surface area (Å²) in [6.07, 6.45) is 2.56. The Balaban J connectivity index is 2.09. The number of nitrogens with zero attached hydrogens (tertiary/aromatic N) is 1. The van der Waals surface area contributed by atoms with Crippen molar-refractivity contribution in [2.75, 3.05) is 19.0 Å². The highest BCUT2D eigenvalue weighted by molar-refractivity contribution is 5.64. The highest BCUT2D eigenvalue weighted by Gasteiger charge is 2.28. The van der Waals surface area contributed by atoms with Gasteiger partial charge in [-0.2, -0.15) is 0 Å². The predicted octanol–water partition coefficient (Wildman–Crippen LogP) is 3.06. The predicted molar refractivity (Wildman–Crippen MR) is 70.0 cm³/mol. The Labute approximate surface area is 106 Å². The molecule has 1 unspecified atom stereocenters. The maximum Gasteiger partial charge on any atom is 0.292 e. The molecule has 1 aromatic rings. The molecular formula is C13H18N2O3. The summed E-state index contributed by atoms with van der Waals surface area (Å²) < 4.78 is 5.09. The Bertz CT molecular complexity index is 444. The van der Waals surface area contributed by atoms with E-state index in [0.29, 0.717) is 17.4 Å². The smallest absolute Gasteiger partial charge is 0.292 e. The number of hydrogen-bond donors (Lipinski definition) is 1. The number of anilines is 1. The van der Waals surface area contributed by atoms with Gasteiger partial charge in [-0.1, -0.05) is 6.92 Å². The molecule has 5 heteroatoms. The van der Waals surface area contributed by atoms with Gasteiger partial charge in [-0.05, 0) is 30.7 Å². The Morgan fingerprint density at radius 2 is 2.28 bits per heavy atom. The van der Waals surface area contributed by atoms with Gasteiger partial charge in [-0.15, -0.1) is 0 Å². The normalized spacial score (nSPS) is 16.1. The summed E-state index contributed by atoms with van der Waals surface area (Å²) in [5, 5.41) is 14.1. The number of rotatable bonds is 6. The van der Waals surface area contributed by atoms with Crippen molar-refractivity contribution in [3.63, 3.8) is 0 Å². The summed E-state index contributed by atoms with van der Waals surface area (Å²) in [7, 11) is 1.55. The quantitative estimate of drug-likeness (QED) is 0.622. The lowest BCUT2D eigenvalue weighted by Crippen LogP contribution is -2.13. The number of methoxy groups -OCH3 is 1. The molecule has 1 aliphatic carbocycles. The van der Waals surface area contributed by atoms with E-state index >= 15 is 0 Å². The average molecular weight is 250 g/mol. The fourth-order valence-electron chi connectivity index (χ4n) is 2.05. The molecule has 1 aromatic carbocycles. The van der Waals surface area contributed by atoms with Crippen LogP contribution in [0.3, 0.4) is 0 Å². The maximum atomic E-state index is 10.9. The number of ether oxygens (including phenoxy) is 1. The Morgan fingerprint density at radius 1 is 1.56 bits per heavy atom. The van der Waals surface area contributed by atoms with Gasteiger partial charge in [0.1, 0.15) is 11.4 Å². The molecule has 0 radical (unpaired) electrons. The van der Waals surface area contributed by atoms with Crippen molar-refractivity contribution in [2.45, 2.75) is 19.8 Å². The van der Waals surface area contributed by atoms with Crippen molar-refractivity contribution in [1.82, 2.24) is 0 Å². The average Bonchev–Trinajstić information content (AvgIpc) is 3.19. The van der Waals surface area contributed by atoms with Crippen LogP contribution in [-0.2, 0) is 0 Å². The van der Waals surface area contributed by atoms with Gasteiger partial charge in [0.2, 0.25) is 0 Å². The first-order valence-corrected chi connectivity index (χ1v) is 6.18. The van der Waals surface area contributed by atoms with Gasteiger partial charge in [-0.25, -0.2) is 0 Å². The first-order valence-electron chi connectivity index (χ1n) is 6.18. The van der Waals surface area contributed by atoms with E-state index in [2.05, 4.69) is 12.2 Å². The Hall–Kier alpha value is -1.78. The van der Waals surface area contributed by atoms with Crippen molar-refractivity contribution < 1.29 is 9.66 Å². The first kappa shape index (κ1) is 12.7. The molecule has 0 amide bonds. The van der Waals surface area contributed by atoms with Gasteiger partial charge in [-0.3, -0.25) is 10.1 Å². The molecule has 0 saturated heterocycles. The minimum atomic E-state index is -0.371. The maximum absolute atomic E-state index is 10.9. The minimum Gasteiger partial charge on any atom is -0.497 e. The molecule has 0 aliphatic heterocycles. The lowest BCUT2D eigenvalue weighted by Gasteiger charge is -2.13. The van der Waals surface area contributed by atoms with Crippen molar-refractivity contribution in [1.29, 1.82) is 0 Å². The lowest BCUT2D eigenvalue weighted by molar-refractivity contribution is -0.384. The highest BCUT2D eigenvalue weighted by atomic mass is 16.6. The second-order valence-electron chi connectivity index (χ2n) is 4.84. The summed E-state index contributed by atoms with van der Waals surface area (Å²) in [6, 6.07) is 4.76. The fourth-order valence-corrected chi connectivity index (χ4v) is 2.05. The third kappa shape index (κ3) is 2.91. The molecule has 0 bridgehead atoms. The third-order valence-corrected chi connectivity index (χ3v) is 3.44. The van der Waals surface area contributed by atoms with E-state index in [0.717, 1.165) is 12.5 Å². The SMILES string of the molecule is COc1ccc([N+](=O)[O-])c(NCC(C)C2CC2)c1. The van der Waals surface area contributed by atoms with E-state index < -0.39 is 0 Å². The van der Waals surface area contributed by atoms with Gasteiger partial charge in [0.25, 0.3) is 5.69 Å². The lowest BCUT2D eigenvalue weighted by atomic mass is 10.1. The largest absolute Gasteiger partial charge is 0.497 e. The first-order chi connectivity index (χ1) is 8.61. The zero-order chi connectivity index (χ0) is 13.1. The van der Waals surface area contributed by atoms with E-state index in [-0.39, 0.29) is 10.6 Å². The number of nitro benzene ring substituents is 1. The number of hydrogen-bond acceptors (Lipinski definition) is 4. The third-order valence-electron chi connectivity index (χ3n) is 3.44. The molecule has 1 aliphatic rings. The summed E-state index contributed by atoms with van der Waals surface area (Å²) in [5.41, 5.74) is 0.630. The van der Waals surface area contributed by atoms with Crippen molar-refractivity contribution in [3.05, 3.63) is 28.3 Å². The van der Waals surface area contributed by atoms with Crippen LogP contribution in [0.2, 0.25) is 0 Å². The molecule has 0 aromatic heterocycles. The standard InChI is InChI=1S/C13H18N2O3/c1-9(10-3-4-10)8-14-12-7-11(18-2)5-6-13(12)15(16)17/h5-7,9-10,14H,3-4,8H2,1-2H3. The van der Waals surface area contributed by atoms with Crippen LogP contribution in [0.5, 0.6) is 5.75 Å². The zero-order valence-corrected chi connectivity index (χ0v) is 10.7. The molecule has 0 heterocycles. The molecule has 5 nitrogen and oxygen atoms in total. The summed E-state index contributed by atoms with van der Waals surface area (Å²) in [4.78, 5) is 10.6. The van der Waals surface area contributed by atoms with Crippen molar-refractivity contribution >= 4 is 11.4 Å².